The number of hydrogen-bond donors (Lipinski definition) is 1. The molecule has 0 aromatic carbocycles. The second kappa shape index (κ2) is 5.80. The molecule has 5 nitrogen and oxygen atoms in total. The molecule has 2 rings (SSSR count). The predicted molar refractivity (Wildman–Crippen MR) is 85.7 cm³/mol. The summed E-state index contributed by atoms with van der Waals surface area (Å²) in [7, 11) is 5.55. The van der Waals surface area contributed by atoms with Crippen LogP contribution < -0.4 is 10.6 Å². The number of hydrogen-bond acceptors (Lipinski definition) is 6. The average molecular weight is 310 g/mol. The predicted octanol–water partition coefficient (Wildman–Crippen LogP) is 2.69. The number of thiazole rings is 1. The molecule has 0 spiro atoms. The highest BCUT2D eigenvalue weighted by atomic mass is 32.1. The third kappa shape index (κ3) is 2.78. The minimum Gasteiger partial charge on any atom is -0.382 e. The van der Waals surface area contributed by atoms with Crippen LogP contribution in [0.5, 0.6) is 0 Å². The maximum atomic E-state index is 12.5. The van der Waals surface area contributed by atoms with Crippen molar-refractivity contribution < 1.29 is 4.79 Å². The van der Waals surface area contributed by atoms with Gasteiger partial charge in [0.05, 0.1) is 6.04 Å². The second-order valence-corrected chi connectivity index (χ2v) is 6.67. The SMILES string of the molecule is CC(c1cccs1)N(C)C(=O)c1sc(N(C)C)nc1N. The highest BCUT2D eigenvalue weighted by Crippen LogP contribution is 2.31. The van der Waals surface area contributed by atoms with E-state index in [4.69, 9.17) is 5.73 Å². The molecule has 0 saturated carbocycles. The van der Waals surface area contributed by atoms with Crippen molar-refractivity contribution in [2.45, 2.75) is 13.0 Å². The molecule has 108 valence electrons. The number of carbonyl (C=O) groups is 1. The van der Waals surface area contributed by atoms with E-state index in [1.807, 2.05) is 43.4 Å². The summed E-state index contributed by atoms with van der Waals surface area (Å²) in [5, 5.41) is 2.75. The van der Waals surface area contributed by atoms with Crippen LogP contribution in [0.1, 0.15) is 27.5 Å². The molecule has 2 heterocycles. The summed E-state index contributed by atoms with van der Waals surface area (Å²) >= 11 is 2.96. The number of nitrogens with zero attached hydrogens (tertiary/aromatic N) is 3. The van der Waals surface area contributed by atoms with Crippen molar-refractivity contribution in [3.8, 4) is 0 Å². The first-order chi connectivity index (χ1) is 9.41. The van der Waals surface area contributed by atoms with E-state index in [0.29, 0.717) is 10.7 Å². The van der Waals surface area contributed by atoms with Gasteiger partial charge < -0.3 is 15.5 Å². The molecule has 20 heavy (non-hydrogen) atoms. The second-order valence-electron chi connectivity index (χ2n) is 4.71. The van der Waals surface area contributed by atoms with Crippen LogP contribution in [0.15, 0.2) is 17.5 Å². The Hall–Kier alpha value is -1.60. The van der Waals surface area contributed by atoms with Gasteiger partial charge in [0.15, 0.2) is 5.13 Å². The van der Waals surface area contributed by atoms with Crippen molar-refractivity contribution in [1.29, 1.82) is 0 Å². The van der Waals surface area contributed by atoms with Crippen molar-refractivity contribution in [3.05, 3.63) is 27.3 Å². The molecule has 7 heteroatoms. The van der Waals surface area contributed by atoms with Gasteiger partial charge in [-0.1, -0.05) is 17.4 Å². The molecule has 1 amide bonds. The standard InChI is InChI=1S/C13H18N4OS2/c1-8(9-6-5-7-19-9)17(4)12(18)10-11(14)15-13(20-10)16(2)3/h5-8H,14H2,1-4H3. The lowest BCUT2D eigenvalue weighted by molar-refractivity contribution is 0.0750. The van der Waals surface area contributed by atoms with Gasteiger partial charge in [-0.3, -0.25) is 4.79 Å². The van der Waals surface area contributed by atoms with Crippen molar-refractivity contribution >= 4 is 39.5 Å². The summed E-state index contributed by atoms with van der Waals surface area (Å²) in [5.74, 6) is 0.211. The number of amides is 1. The van der Waals surface area contributed by atoms with E-state index in [1.54, 1.807) is 23.3 Å². The maximum Gasteiger partial charge on any atom is 0.268 e. The van der Waals surface area contributed by atoms with Crippen LogP contribution in [0.4, 0.5) is 10.9 Å². The first kappa shape index (κ1) is 14.8. The molecule has 2 N–H and O–H groups in total. The van der Waals surface area contributed by atoms with Crippen molar-refractivity contribution in [3.63, 3.8) is 0 Å². The van der Waals surface area contributed by atoms with Gasteiger partial charge in [-0.2, -0.15) is 0 Å². The summed E-state index contributed by atoms with van der Waals surface area (Å²) in [4.78, 5) is 22.0. The quantitative estimate of drug-likeness (QED) is 0.943. The fourth-order valence-corrected chi connectivity index (χ4v) is 3.44. The fraction of sp³-hybridized carbons (Fsp3) is 0.385. The third-order valence-corrected chi connectivity index (χ3v) is 5.34. The number of nitrogen functional groups attached to an aromatic ring is 1. The Morgan fingerprint density at radius 3 is 2.60 bits per heavy atom. The minimum atomic E-state index is -0.0889. The molecule has 0 aliphatic carbocycles. The maximum absolute atomic E-state index is 12.5. The molecule has 0 fully saturated rings. The molecule has 0 aliphatic heterocycles. The first-order valence-corrected chi connectivity index (χ1v) is 7.85. The summed E-state index contributed by atoms with van der Waals surface area (Å²) in [6, 6.07) is 4.03. The van der Waals surface area contributed by atoms with Gasteiger partial charge in [0, 0.05) is 26.0 Å². The zero-order valence-electron chi connectivity index (χ0n) is 12.0. The van der Waals surface area contributed by atoms with Gasteiger partial charge in [-0.25, -0.2) is 4.98 Å². The van der Waals surface area contributed by atoms with E-state index in [0.717, 1.165) is 10.0 Å². The lowest BCUT2D eigenvalue weighted by Gasteiger charge is -2.23. The van der Waals surface area contributed by atoms with Gasteiger partial charge in [0.1, 0.15) is 10.7 Å². The molecule has 2 aromatic rings. The zero-order valence-corrected chi connectivity index (χ0v) is 13.6. The van der Waals surface area contributed by atoms with Crippen LogP contribution in [-0.4, -0.2) is 36.9 Å². The Labute approximate surface area is 126 Å². The molecule has 0 radical (unpaired) electrons. The van der Waals surface area contributed by atoms with E-state index in [2.05, 4.69) is 4.98 Å². The molecule has 1 atom stereocenters. The smallest absolute Gasteiger partial charge is 0.268 e. The number of rotatable bonds is 4. The summed E-state index contributed by atoms with van der Waals surface area (Å²) < 4.78 is 0. The number of aromatic nitrogens is 1. The average Bonchev–Trinajstić information content (AvgIpc) is 3.05. The summed E-state index contributed by atoms with van der Waals surface area (Å²) in [5.41, 5.74) is 5.86. The van der Waals surface area contributed by atoms with Crippen LogP contribution >= 0.6 is 22.7 Å². The Balaban J connectivity index is 2.22. The van der Waals surface area contributed by atoms with Gasteiger partial charge >= 0.3 is 0 Å². The van der Waals surface area contributed by atoms with Crippen LogP contribution in [0, 0.1) is 0 Å². The normalized spacial score (nSPS) is 12.2. The topological polar surface area (TPSA) is 62.5 Å². The molecule has 2 aromatic heterocycles. The molecular formula is C13H18N4OS2. The molecule has 0 bridgehead atoms. The molecule has 0 saturated heterocycles. The van der Waals surface area contributed by atoms with Gasteiger partial charge in [-0.05, 0) is 18.4 Å². The largest absolute Gasteiger partial charge is 0.382 e. The zero-order chi connectivity index (χ0) is 14.9. The van der Waals surface area contributed by atoms with Crippen molar-refractivity contribution in [2.75, 3.05) is 31.8 Å². The number of nitrogens with two attached hydrogens (primary N) is 1. The van der Waals surface area contributed by atoms with Crippen LogP contribution in [-0.2, 0) is 0 Å². The minimum absolute atomic E-state index is 0.0202. The van der Waals surface area contributed by atoms with Crippen molar-refractivity contribution in [1.82, 2.24) is 9.88 Å². The lowest BCUT2D eigenvalue weighted by atomic mass is 10.2. The van der Waals surface area contributed by atoms with E-state index in [1.165, 1.54) is 11.3 Å². The van der Waals surface area contributed by atoms with E-state index >= 15 is 0 Å². The van der Waals surface area contributed by atoms with Crippen LogP contribution in [0.3, 0.4) is 0 Å². The monoisotopic (exact) mass is 310 g/mol. The van der Waals surface area contributed by atoms with Crippen LogP contribution in [0.2, 0.25) is 0 Å². The Bertz CT molecular complexity index is 592. The fourth-order valence-electron chi connectivity index (χ4n) is 1.72. The van der Waals surface area contributed by atoms with E-state index in [-0.39, 0.29) is 11.9 Å². The van der Waals surface area contributed by atoms with E-state index in [9.17, 15) is 4.79 Å². The number of carbonyl (C=O) groups excluding carboxylic acids is 1. The number of anilines is 2. The lowest BCUT2D eigenvalue weighted by Crippen LogP contribution is -2.29. The Kier molecular flexibility index (Phi) is 4.29. The number of thiophene rings is 1. The Morgan fingerprint density at radius 2 is 2.10 bits per heavy atom. The molecule has 0 aliphatic rings. The van der Waals surface area contributed by atoms with Crippen molar-refractivity contribution in [2.24, 2.45) is 0 Å². The highest BCUT2D eigenvalue weighted by molar-refractivity contribution is 7.18. The Morgan fingerprint density at radius 1 is 1.40 bits per heavy atom. The van der Waals surface area contributed by atoms with E-state index < -0.39 is 0 Å². The van der Waals surface area contributed by atoms with Gasteiger partial charge in [0.25, 0.3) is 5.91 Å². The van der Waals surface area contributed by atoms with Crippen LogP contribution in [0.25, 0.3) is 0 Å². The molecule has 1 unspecified atom stereocenters. The first-order valence-electron chi connectivity index (χ1n) is 6.16. The third-order valence-electron chi connectivity index (χ3n) is 3.08. The van der Waals surface area contributed by atoms with Gasteiger partial charge in [0.2, 0.25) is 0 Å². The molecular weight excluding hydrogens is 292 g/mol. The summed E-state index contributed by atoms with van der Waals surface area (Å²) in [6.45, 7) is 2.01. The summed E-state index contributed by atoms with van der Waals surface area (Å²) in [6.07, 6.45) is 0. The van der Waals surface area contributed by atoms with Gasteiger partial charge in [-0.15, -0.1) is 11.3 Å². The highest BCUT2D eigenvalue weighted by Gasteiger charge is 2.24.